The van der Waals surface area contributed by atoms with Crippen LogP contribution in [0.3, 0.4) is 0 Å². The van der Waals surface area contributed by atoms with E-state index in [4.69, 9.17) is 18.9 Å². The molecule has 72 heavy (non-hydrogen) atoms. The summed E-state index contributed by atoms with van der Waals surface area (Å²) in [6, 6.07) is -1.49. The maximum atomic E-state index is 14.1. The number of unbranched alkanes of at least 4 members (excludes halogenated alkanes) is 1. The Morgan fingerprint density at radius 1 is 0.569 bits per heavy atom. The summed E-state index contributed by atoms with van der Waals surface area (Å²) in [5, 5.41) is 29.0. The molecule has 0 aliphatic carbocycles. The SMILES string of the molecule is C=CCOC(=O)CC[C@H](NC(=O)[C@H](CC(=O)OCC=C)NC(=O)CNC(=O)[C@H](CCCCNC(=O)OCC=C)NC(C)=O)C(=O)N[C@H](C(=O)N[C@@H](CC(=O)OCC=C)C(=O)Nc1ccc(CO)cc1)C(C)C. The standard InChI is InChI=1S/C48H68N8O16/c1-8-22-69-39(60)20-19-35(44(64)56-42(30(5)6)47(67)55-37(27-41(62)71-24-10-3)45(65)52-33-17-15-32(29-57)16-18-33)54-46(66)36(26-40(61)70-23-9-2)53-38(59)28-50-43(63)34(51-31(7)58)14-12-13-21-49-48(68)72-25-11-4/h8-11,15-18,30,34-37,42,57H,1-4,12-14,19-29H2,5-7H3,(H,49,68)(H,50,63)(H,51,58)(H,52,65)(H,53,59)(H,54,66)(H,55,67)(H,56,64)/t34-,35-,36-,37-,42-/m0/s1. The van der Waals surface area contributed by atoms with E-state index in [1.54, 1.807) is 13.8 Å². The molecule has 0 saturated heterocycles. The maximum absolute atomic E-state index is 14.1. The van der Waals surface area contributed by atoms with Gasteiger partial charge in [0.2, 0.25) is 41.4 Å². The van der Waals surface area contributed by atoms with Crippen LogP contribution in [0.1, 0.15) is 71.3 Å². The quantitative estimate of drug-likeness (QED) is 0.0189. The van der Waals surface area contributed by atoms with Crippen LogP contribution < -0.4 is 42.5 Å². The molecular formula is C48H68N8O16. The van der Waals surface area contributed by atoms with E-state index in [2.05, 4.69) is 68.9 Å². The summed E-state index contributed by atoms with van der Waals surface area (Å²) in [6.45, 7) is 16.7. The number of nitrogens with one attached hydrogen (secondary N) is 8. The molecule has 396 valence electrons. The van der Waals surface area contributed by atoms with Gasteiger partial charge in [0.25, 0.3) is 0 Å². The molecule has 0 radical (unpaired) electrons. The Morgan fingerprint density at radius 3 is 1.62 bits per heavy atom. The third-order valence-corrected chi connectivity index (χ3v) is 9.67. The van der Waals surface area contributed by atoms with Crippen LogP contribution in [0.5, 0.6) is 0 Å². The molecule has 0 aliphatic heterocycles. The molecule has 0 aromatic heterocycles. The summed E-state index contributed by atoms with van der Waals surface area (Å²) in [5.41, 5.74) is 0.809. The van der Waals surface area contributed by atoms with Crippen molar-refractivity contribution in [1.29, 1.82) is 0 Å². The van der Waals surface area contributed by atoms with E-state index in [0.29, 0.717) is 18.4 Å². The van der Waals surface area contributed by atoms with Crippen molar-refractivity contribution < 1.29 is 76.8 Å². The molecule has 0 unspecified atom stereocenters. The number of hydrogen-bond donors (Lipinski definition) is 9. The van der Waals surface area contributed by atoms with Crippen molar-refractivity contribution in [2.45, 2.75) is 103 Å². The van der Waals surface area contributed by atoms with Gasteiger partial charge in [-0.25, -0.2) is 4.79 Å². The lowest BCUT2D eigenvalue weighted by atomic mass is 10.0. The van der Waals surface area contributed by atoms with E-state index in [-0.39, 0.29) is 51.7 Å². The van der Waals surface area contributed by atoms with E-state index in [0.717, 1.165) is 0 Å². The second-order valence-corrected chi connectivity index (χ2v) is 16.0. The minimum Gasteiger partial charge on any atom is -0.461 e. The van der Waals surface area contributed by atoms with Crippen molar-refractivity contribution in [1.82, 2.24) is 37.2 Å². The lowest BCUT2D eigenvalue weighted by molar-refractivity contribution is -0.146. The topological polar surface area (TPSA) is 341 Å². The lowest BCUT2D eigenvalue weighted by Gasteiger charge is -2.28. The van der Waals surface area contributed by atoms with Crippen molar-refractivity contribution in [3.63, 3.8) is 0 Å². The summed E-state index contributed by atoms with van der Waals surface area (Å²) < 4.78 is 19.9. The minimum absolute atomic E-state index is 0.0135. The molecule has 9 N–H and O–H groups in total. The highest BCUT2D eigenvalue weighted by Gasteiger charge is 2.35. The number of rotatable bonds is 35. The first-order chi connectivity index (χ1) is 34.3. The predicted molar refractivity (Wildman–Crippen MR) is 260 cm³/mol. The van der Waals surface area contributed by atoms with Gasteiger partial charge in [-0.05, 0) is 49.3 Å². The van der Waals surface area contributed by atoms with Crippen molar-refractivity contribution in [3.05, 3.63) is 80.4 Å². The highest BCUT2D eigenvalue weighted by molar-refractivity contribution is 6.01. The van der Waals surface area contributed by atoms with Crippen LogP contribution in [0.2, 0.25) is 0 Å². The Balaban J connectivity index is 3.37. The van der Waals surface area contributed by atoms with E-state index in [1.807, 2.05) is 0 Å². The summed E-state index contributed by atoms with van der Waals surface area (Å²) in [7, 11) is 0. The zero-order chi connectivity index (χ0) is 54.0. The van der Waals surface area contributed by atoms with Crippen LogP contribution in [0.4, 0.5) is 10.5 Å². The number of aliphatic hydroxyl groups excluding tert-OH is 1. The smallest absolute Gasteiger partial charge is 0.407 e. The number of ether oxygens (including phenoxy) is 4. The molecule has 24 nitrogen and oxygen atoms in total. The molecule has 0 heterocycles. The number of aliphatic hydroxyl groups is 1. The Kier molecular flexibility index (Phi) is 30.4. The van der Waals surface area contributed by atoms with Crippen LogP contribution in [0.15, 0.2) is 74.9 Å². The number of anilines is 1. The first-order valence-corrected chi connectivity index (χ1v) is 22.9. The fraction of sp³-hybridized carbons (Fsp3) is 0.479. The summed E-state index contributed by atoms with van der Waals surface area (Å²) in [5.74, 6) is -9.69. The Morgan fingerprint density at radius 2 is 1.08 bits per heavy atom. The number of amides is 8. The summed E-state index contributed by atoms with van der Waals surface area (Å²) >= 11 is 0. The zero-order valence-electron chi connectivity index (χ0n) is 40.9. The van der Waals surface area contributed by atoms with Gasteiger partial charge >= 0.3 is 24.0 Å². The summed E-state index contributed by atoms with van der Waals surface area (Å²) in [4.78, 5) is 143. The average Bonchev–Trinajstić information content (AvgIpc) is 3.34. The zero-order valence-corrected chi connectivity index (χ0v) is 40.9. The fourth-order valence-corrected chi connectivity index (χ4v) is 6.07. The number of benzene rings is 1. The minimum atomic E-state index is -1.77. The van der Waals surface area contributed by atoms with Crippen molar-refractivity contribution in [2.75, 3.05) is 44.8 Å². The molecule has 0 fully saturated rings. The van der Waals surface area contributed by atoms with Crippen molar-refractivity contribution in [3.8, 4) is 0 Å². The van der Waals surface area contributed by atoms with Gasteiger partial charge in [0.1, 0.15) is 56.6 Å². The average molecular weight is 1010 g/mol. The predicted octanol–water partition coefficient (Wildman–Crippen LogP) is 0.164. The van der Waals surface area contributed by atoms with Gasteiger partial charge in [0.15, 0.2) is 0 Å². The third-order valence-electron chi connectivity index (χ3n) is 9.67. The molecule has 1 aromatic carbocycles. The molecule has 5 atom stereocenters. The van der Waals surface area contributed by atoms with Gasteiger partial charge in [-0.15, -0.1) is 0 Å². The first kappa shape index (κ1) is 62.1. The van der Waals surface area contributed by atoms with Crippen molar-refractivity contribution >= 4 is 71.0 Å². The monoisotopic (exact) mass is 1010 g/mol. The maximum Gasteiger partial charge on any atom is 0.407 e. The van der Waals surface area contributed by atoms with Gasteiger partial charge in [0, 0.05) is 25.6 Å². The molecule has 0 aliphatic rings. The third kappa shape index (κ3) is 26.2. The van der Waals surface area contributed by atoms with E-state index in [1.165, 1.54) is 55.5 Å². The number of hydrogen-bond acceptors (Lipinski definition) is 16. The summed E-state index contributed by atoms with van der Waals surface area (Å²) in [6.07, 6.45) is 3.02. The van der Waals surface area contributed by atoms with Gasteiger partial charge in [0.05, 0.1) is 26.0 Å². The van der Waals surface area contributed by atoms with E-state index < -0.39 is 134 Å². The number of carbonyl (C=O) groups is 11. The number of esters is 3. The molecule has 1 aromatic rings. The molecule has 0 spiro atoms. The molecule has 1 rings (SSSR count). The van der Waals surface area contributed by atoms with Crippen LogP contribution >= 0.6 is 0 Å². The number of alkyl carbamates (subject to hydrolysis) is 1. The van der Waals surface area contributed by atoms with Crippen LogP contribution in [-0.2, 0) is 73.5 Å². The Hall–Kier alpha value is -7.89. The Labute approximate surface area is 417 Å². The van der Waals surface area contributed by atoms with Crippen LogP contribution in [0, 0.1) is 5.92 Å². The second-order valence-electron chi connectivity index (χ2n) is 16.0. The highest BCUT2D eigenvalue weighted by atomic mass is 16.6. The van der Waals surface area contributed by atoms with Gasteiger partial charge in [-0.2, -0.15) is 0 Å². The van der Waals surface area contributed by atoms with E-state index >= 15 is 0 Å². The molecule has 24 heteroatoms. The fourth-order valence-electron chi connectivity index (χ4n) is 6.07. The Bertz CT molecular complexity index is 2060. The largest absolute Gasteiger partial charge is 0.461 e. The first-order valence-electron chi connectivity index (χ1n) is 22.9. The van der Waals surface area contributed by atoms with Gasteiger partial charge in [-0.1, -0.05) is 76.6 Å². The highest BCUT2D eigenvalue weighted by Crippen LogP contribution is 2.13. The molecule has 0 saturated carbocycles. The molecular weight excluding hydrogens is 945 g/mol. The normalized spacial score (nSPS) is 12.5. The van der Waals surface area contributed by atoms with E-state index in [9.17, 15) is 57.8 Å². The lowest BCUT2D eigenvalue weighted by Crippen LogP contribution is -2.59. The number of carbonyl (C=O) groups excluding carboxylic acids is 11. The van der Waals surface area contributed by atoms with Crippen LogP contribution in [-0.4, -0.2) is 140 Å². The molecule has 0 bridgehead atoms. The second kappa shape index (κ2) is 35.2. The van der Waals surface area contributed by atoms with Crippen molar-refractivity contribution in [2.24, 2.45) is 5.92 Å². The molecule has 8 amide bonds. The van der Waals surface area contributed by atoms with Crippen LogP contribution in [0.25, 0.3) is 0 Å². The van der Waals surface area contributed by atoms with Gasteiger partial charge < -0.3 is 66.6 Å². The van der Waals surface area contributed by atoms with Gasteiger partial charge in [-0.3, -0.25) is 47.9 Å².